The first-order chi connectivity index (χ1) is 15.9. The summed E-state index contributed by atoms with van der Waals surface area (Å²) in [6, 6.07) is 15.2. The number of hydrogen-bond donors (Lipinski definition) is 1. The molecular formula is C24H22N6O3. The fraction of sp³-hybridized carbons (Fsp3) is 0.208. The predicted octanol–water partition coefficient (Wildman–Crippen LogP) is 2.32. The number of aryl methyl sites for hydroxylation is 2. The highest BCUT2D eigenvalue weighted by Crippen LogP contribution is 2.27. The predicted molar refractivity (Wildman–Crippen MR) is 124 cm³/mol. The minimum atomic E-state index is -0.574. The number of nitrogens with one attached hydrogen (secondary N) is 1. The maximum Gasteiger partial charge on any atom is 0.283 e. The van der Waals surface area contributed by atoms with Crippen molar-refractivity contribution in [2.24, 2.45) is 5.92 Å². The molecule has 1 unspecified atom stereocenters. The third-order valence-corrected chi connectivity index (χ3v) is 5.90. The van der Waals surface area contributed by atoms with Crippen molar-refractivity contribution in [1.29, 1.82) is 0 Å². The van der Waals surface area contributed by atoms with Crippen molar-refractivity contribution in [2.45, 2.75) is 20.3 Å². The van der Waals surface area contributed by atoms with Crippen molar-refractivity contribution in [2.75, 3.05) is 16.9 Å². The van der Waals surface area contributed by atoms with Gasteiger partial charge in [0.05, 0.1) is 17.8 Å². The molecule has 0 radical (unpaired) electrons. The molecule has 9 nitrogen and oxygen atoms in total. The summed E-state index contributed by atoms with van der Waals surface area (Å²) in [6.07, 6.45) is 2.78. The lowest BCUT2D eigenvalue weighted by molar-refractivity contribution is -0.123. The van der Waals surface area contributed by atoms with E-state index in [2.05, 4.69) is 15.5 Å². The lowest BCUT2D eigenvalue weighted by Crippen LogP contribution is -2.37. The van der Waals surface area contributed by atoms with Crippen molar-refractivity contribution < 1.29 is 9.59 Å². The highest BCUT2D eigenvalue weighted by molar-refractivity contribution is 6.02. The van der Waals surface area contributed by atoms with Gasteiger partial charge in [-0.3, -0.25) is 19.8 Å². The highest BCUT2D eigenvalue weighted by atomic mass is 16.2. The van der Waals surface area contributed by atoms with Crippen molar-refractivity contribution >= 4 is 28.5 Å². The zero-order valence-electron chi connectivity index (χ0n) is 18.2. The lowest BCUT2D eigenvalue weighted by Gasteiger charge is -2.19. The van der Waals surface area contributed by atoms with Crippen LogP contribution in [0, 0.1) is 19.8 Å². The second kappa shape index (κ2) is 8.01. The Hall–Kier alpha value is -4.27. The monoisotopic (exact) mass is 442 g/mol. The van der Waals surface area contributed by atoms with E-state index >= 15 is 0 Å². The van der Waals surface area contributed by atoms with Gasteiger partial charge in [-0.05, 0) is 37.6 Å². The second-order valence-corrected chi connectivity index (χ2v) is 8.22. The molecule has 1 N–H and O–H groups in total. The second-order valence-electron chi connectivity index (χ2n) is 8.22. The van der Waals surface area contributed by atoms with E-state index in [-0.39, 0.29) is 24.3 Å². The number of nitrogens with zero attached hydrogens (tertiary/aromatic N) is 5. The smallest absolute Gasteiger partial charge is 0.283 e. The maximum absolute atomic E-state index is 12.9. The van der Waals surface area contributed by atoms with Crippen LogP contribution in [-0.2, 0) is 9.59 Å². The number of anilines is 1. The first-order valence-corrected chi connectivity index (χ1v) is 10.6. The number of rotatable bonds is 4. The normalized spacial score (nSPS) is 15.9. The highest BCUT2D eigenvalue weighted by Gasteiger charge is 2.36. The van der Waals surface area contributed by atoms with Crippen LogP contribution in [-0.4, -0.2) is 37.8 Å². The van der Waals surface area contributed by atoms with Gasteiger partial charge in [0.1, 0.15) is 11.7 Å². The van der Waals surface area contributed by atoms with Crippen molar-refractivity contribution in [3.05, 3.63) is 82.5 Å². The molecule has 1 aliphatic rings. The minimum absolute atomic E-state index is 0.0793. The Morgan fingerprint density at radius 2 is 1.82 bits per heavy atom. The molecule has 33 heavy (non-hydrogen) atoms. The van der Waals surface area contributed by atoms with E-state index in [1.807, 2.05) is 62.4 Å². The van der Waals surface area contributed by atoms with E-state index < -0.39 is 17.4 Å². The van der Waals surface area contributed by atoms with Gasteiger partial charge in [0, 0.05) is 18.7 Å². The standard InChI is InChI=1S/C24H22N6O3/c1-15-7-9-18(10-8-15)30-22-19(12-26-30)24(33)29(14-25-22)27-23(32)17-11-21(31)28(13-17)20-6-4-3-5-16(20)2/h3-10,12,14,17H,11,13H2,1-2H3,(H,27,32). The molecule has 9 heteroatoms. The summed E-state index contributed by atoms with van der Waals surface area (Å²) in [6.45, 7) is 4.17. The fourth-order valence-electron chi connectivity index (χ4n) is 4.06. The fourth-order valence-corrected chi connectivity index (χ4v) is 4.06. The molecule has 1 aliphatic heterocycles. The van der Waals surface area contributed by atoms with Crippen LogP contribution >= 0.6 is 0 Å². The summed E-state index contributed by atoms with van der Waals surface area (Å²) in [7, 11) is 0. The molecule has 1 atom stereocenters. The number of para-hydroxylation sites is 1. The molecule has 0 aliphatic carbocycles. The quantitative estimate of drug-likeness (QED) is 0.523. The molecule has 0 saturated carbocycles. The van der Waals surface area contributed by atoms with Crippen LogP contribution in [0.25, 0.3) is 16.7 Å². The third-order valence-electron chi connectivity index (χ3n) is 5.90. The Balaban J connectivity index is 1.37. The SMILES string of the molecule is Cc1ccc(-n2ncc3c(=O)n(NC(=O)C4CC(=O)N(c5ccccc5C)C4)cnc32)cc1. The van der Waals surface area contributed by atoms with Crippen LogP contribution in [0.15, 0.2) is 65.8 Å². The average molecular weight is 442 g/mol. The van der Waals surface area contributed by atoms with Crippen molar-refractivity contribution in [3.8, 4) is 5.69 Å². The van der Waals surface area contributed by atoms with Crippen LogP contribution < -0.4 is 15.9 Å². The van der Waals surface area contributed by atoms with E-state index in [9.17, 15) is 14.4 Å². The number of hydrogen-bond acceptors (Lipinski definition) is 5. The molecule has 1 fully saturated rings. The third kappa shape index (κ3) is 3.67. The molecule has 0 spiro atoms. The van der Waals surface area contributed by atoms with Crippen molar-refractivity contribution in [1.82, 2.24) is 19.4 Å². The summed E-state index contributed by atoms with van der Waals surface area (Å²) in [5.41, 5.74) is 6.20. The summed E-state index contributed by atoms with van der Waals surface area (Å²) >= 11 is 0. The minimum Gasteiger partial charge on any atom is -0.311 e. The van der Waals surface area contributed by atoms with Gasteiger partial charge in [-0.2, -0.15) is 5.10 Å². The zero-order chi connectivity index (χ0) is 23.1. The van der Waals surface area contributed by atoms with Gasteiger partial charge >= 0.3 is 0 Å². The number of carbonyl (C=O) groups excluding carboxylic acids is 2. The number of amides is 2. The molecular weight excluding hydrogens is 420 g/mol. The van der Waals surface area contributed by atoms with Gasteiger partial charge in [0.2, 0.25) is 11.8 Å². The van der Waals surface area contributed by atoms with E-state index in [1.54, 1.807) is 9.58 Å². The largest absolute Gasteiger partial charge is 0.311 e. The van der Waals surface area contributed by atoms with Crippen LogP contribution in [0.4, 0.5) is 5.69 Å². The van der Waals surface area contributed by atoms with E-state index in [0.717, 1.165) is 27.2 Å². The van der Waals surface area contributed by atoms with Gasteiger partial charge in [-0.1, -0.05) is 35.9 Å². The Kier molecular flexibility index (Phi) is 5.01. The lowest BCUT2D eigenvalue weighted by atomic mass is 10.1. The zero-order valence-corrected chi connectivity index (χ0v) is 18.2. The maximum atomic E-state index is 12.9. The van der Waals surface area contributed by atoms with Crippen LogP contribution in [0.2, 0.25) is 0 Å². The molecule has 166 valence electrons. The van der Waals surface area contributed by atoms with Crippen LogP contribution in [0.3, 0.4) is 0 Å². The van der Waals surface area contributed by atoms with E-state index in [0.29, 0.717) is 5.65 Å². The Bertz CT molecular complexity index is 1440. The molecule has 1 saturated heterocycles. The topological polar surface area (TPSA) is 102 Å². The Labute approximate surface area is 189 Å². The van der Waals surface area contributed by atoms with Gasteiger partial charge < -0.3 is 4.90 Å². The molecule has 0 bridgehead atoms. The molecule has 2 aromatic carbocycles. The summed E-state index contributed by atoms with van der Waals surface area (Å²) in [5.74, 6) is -1.10. The first kappa shape index (κ1) is 20.6. The van der Waals surface area contributed by atoms with Gasteiger partial charge in [-0.25, -0.2) is 14.3 Å². The summed E-state index contributed by atoms with van der Waals surface area (Å²) in [5, 5.41) is 4.57. The van der Waals surface area contributed by atoms with E-state index in [4.69, 9.17) is 0 Å². The van der Waals surface area contributed by atoms with E-state index in [1.165, 1.54) is 12.5 Å². The van der Waals surface area contributed by atoms with Gasteiger partial charge in [-0.15, -0.1) is 0 Å². The molecule has 3 heterocycles. The molecule has 4 aromatic rings. The number of carbonyl (C=O) groups is 2. The molecule has 2 amide bonds. The molecule has 5 rings (SSSR count). The van der Waals surface area contributed by atoms with Crippen molar-refractivity contribution in [3.63, 3.8) is 0 Å². The Morgan fingerprint density at radius 1 is 1.06 bits per heavy atom. The Morgan fingerprint density at radius 3 is 2.58 bits per heavy atom. The van der Waals surface area contributed by atoms with Gasteiger partial charge in [0.25, 0.3) is 5.56 Å². The summed E-state index contributed by atoms with van der Waals surface area (Å²) in [4.78, 5) is 44.3. The molecule has 2 aromatic heterocycles. The van der Waals surface area contributed by atoms with Crippen LogP contribution in [0.5, 0.6) is 0 Å². The summed E-state index contributed by atoms with van der Waals surface area (Å²) < 4.78 is 2.63. The number of fused-ring (bicyclic) bond motifs is 1. The van der Waals surface area contributed by atoms with Gasteiger partial charge in [0.15, 0.2) is 5.65 Å². The number of aromatic nitrogens is 4. The first-order valence-electron chi connectivity index (χ1n) is 10.6. The van der Waals surface area contributed by atoms with Crippen LogP contribution in [0.1, 0.15) is 17.5 Å². The average Bonchev–Trinajstić information content (AvgIpc) is 3.41. The number of benzene rings is 2.